The standard InChI is InChI=1S/C9H5F6NO2S/c10-8(11,12)7(9(13,14)15)19-6-3-1-5(2-4-6)16(17)18/h1-4,7H. The predicted octanol–water partition coefficient (Wildman–Crippen LogP) is 4.18. The smallest absolute Gasteiger partial charge is 0.258 e. The Balaban J connectivity index is 2.95. The summed E-state index contributed by atoms with van der Waals surface area (Å²) in [5.74, 6) is 0. The summed E-state index contributed by atoms with van der Waals surface area (Å²) in [6.45, 7) is 0. The van der Waals surface area contributed by atoms with E-state index in [0.29, 0.717) is 0 Å². The number of alkyl halides is 6. The summed E-state index contributed by atoms with van der Waals surface area (Å²) in [6.07, 6.45) is -10.9. The first kappa shape index (κ1) is 15.6. The third-order valence-electron chi connectivity index (χ3n) is 1.90. The molecule has 0 saturated carbocycles. The number of non-ortho nitro benzene ring substituents is 1. The maximum absolute atomic E-state index is 12.3. The van der Waals surface area contributed by atoms with Crippen molar-refractivity contribution >= 4 is 17.4 Å². The minimum atomic E-state index is -5.45. The summed E-state index contributed by atoms with van der Waals surface area (Å²) in [5.41, 5.74) is -0.417. The van der Waals surface area contributed by atoms with Crippen LogP contribution in [0.4, 0.5) is 32.0 Å². The number of hydrogen-bond acceptors (Lipinski definition) is 3. The zero-order valence-corrected chi connectivity index (χ0v) is 9.64. The summed E-state index contributed by atoms with van der Waals surface area (Å²) in [7, 11) is 0. The van der Waals surface area contributed by atoms with Crippen molar-refractivity contribution in [3.05, 3.63) is 34.4 Å². The Labute approximate surface area is 106 Å². The van der Waals surface area contributed by atoms with Crippen LogP contribution in [-0.4, -0.2) is 22.5 Å². The monoisotopic (exact) mass is 305 g/mol. The van der Waals surface area contributed by atoms with Crippen molar-refractivity contribution in [2.24, 2.45) is 0 Å². The third kappa shape index (κ3) is 4.30. The molecule has 0 bridgehead atoms. The van der Waals surface area contributed by atoms with Gasteiger partial charge in [-0.05, 0) is 12.1 Å². The highest BCUT2D eigenvalue weighted by molar-refractivity contribution is 8.00. The Morgan fingerprint density at radius 1 is 1.00 bits per heavy atom. The van der Waals surface area contributed by atoms with E-state index in [4.69, 9.17) is 0 Å². The summed E-state index contributed by atoms with van der Waals surface area (Å²) in [4.78, 5) is 9.13. The van der Waals surface area contributed by atoms with Crippen molar-refractivity contribution in [1.29, 1.82) is 0 Å². The van der Waals surface area contributed by atoms with Gasteiger partial charge >= 0.3 is 12.4 Å². The molecular formula is C9H5F6NO2S. The minimum absolute atomic E-state index is 0.356. The van der Waals surface area contributed by atoms with E-state index in [1.807, 2.05) is 0 Å². The molecule has 1 rings (SSSR count). The van der Waals surface area contributed by atoms with Crippen LogP contribution in [0.3, 0.4) is 0 Å². The Bertz CT molecular complexity index is 441. The Kier molecular flexibility index (Phi) is 4.33. The molecule has 3 nitrogen and oxygen atoms in total. The van der Waals surface area contributed by atoms with Gasteiger partial charge in [0.25, 0.3) is 5.69 Å². The predicted molar refractivity (Wildman–Crippen MR) is 54.9 cm³/mol. The lowest BCUT2D eigenvalue weighted by atomic mass is 10.3. The summed E-state index contributed by atoms with van der Waals surface area (Å²) in [6, 6.07) is 3.36. The van der Waals surface area contributed by atoms with Crippen LogP contribution in [0.25, 0.3) is 0 Å². The second-order valence-corrected chi connectivity index (χ2v) is 4.51. The zero-order valence-electron chi connectivity index (χ0n) is 8.83. The Hall–Kier alpha value is -1.45. The average Bonchev–Trinajstić information content (AvgIpc) is 2.23. The second kappa shape index (κ2) is 5.27. The van der Waals surface area contributed by atoms with Crippen molar-refractivity contribution < 1.29 is 31.3 Å². The van der Waals surface area contributed by atoms with Crippen LogP contribution in [0.15, 0.2) is 29.2 Å². The largest absolute Gasteiger partial charge is 0.409 e. The molecule has 0 amide bonds. The van der Waals surface area contributed by atoms with E-state index >= 15 is 0 Å². The van der Waals surface area contributed by atoms with Gasteiger partial charge in [0.2, 0.25) is 5.25 Å². The zero-order chi connectivity index (χ0) is 14.8. The second-order valence-electron chi connectivity index (χ2n) is 3.33. The number of halogens is 6. The topological polar surface area (TPSA) is 43.1 Å². The highest BCUT2D eigenvalue weighted by Gasteiger charge is 2.57. The quantitative estimate of drug-likeness (QED) is 0.364. The summed E-state index contributed by atoms with van der Waals surface area (Å²) < 4.78 is 73.6. The van der Waals surface area contributed by atoms with Gasteiger partial charge in [0.05, 0.1) is 4.92 Å². The van der Waals surface area contributed by atoms with Gasteiger partial charge < -0.3 is 0 Å². The Morgan fingerprint density at radius 3 is 1.74 bits per heavy atom. The third-order valence-corrected chi connectivity index (χ3v) is 3.21. The van der Waals surface area contributed by atoms with Gasteiger partial charge in [0.1, 0.15) is 0 Å². The number of rotatable bonds is 3. The SMILES string of the molecule is O=[N+]([O-])c1ccc(SC(C(F)(F)F)C(F)(F)F)cc1. The molecule has 0 aromatic heterocycles. The summed E-state index contributed by atoms with van der Waals surface area (Å²) >= 11 is -0.450. The lowest BCUT2D eigenvalue weighted by molar-refractivity contribution is -0.384. The molecule has 0 spiro atoms. The molecule has 10 heteroatoms. The van der Waals surface area contributed by atoms with Crippen LogP contribution in [-0.2, 0) is 0 Å². The molecule has 0 fully saturated rings. The molecule has 0 aliphatic rings. The number of nitro benzene ring substituents is 1. The Morgan fingerprint density at radius 2 is 1.42 bits per heavy atom. The van der Waals surface area contributed by atoms with Crippen LogP contribution < -0.4 is 0 Å². The van der Waals surface area contributed by atoms with Crippen LogP contribution in [0, 0.1) is 10.1 Å². The van der Waals surface area contributed by atoms with Crippen LogP contribution in [0.1, 0.15) is 0 Å². The van der Waals surface area contributed by atoms with Crippen molar-refractivity contribution in [1.82, 2.24) is 0 Å². The van der Waals surface area contributed by atoms with E-state index in [0.717, 1.165) is 24.3 Å². The van der Waals surface area contributed by atoms with Gasteiger partial charge in [-0.25, -0.2) is 0 Å². The van der Waals surface area contributed by atoms with Gasteiger partial charge in [0, 0.05) is 17.0 Å². The first-order valence-electron chi connectivity index (χ1n) is 4.56. The molecule has 19 heavy (non-hydrogen) atoms. The fourth-order valence-electron chi connectivity index (χ4n) is 1.10. The lowest BCUT2D eigenvalue weighted by Gasteiger charge is -2.22. The number of nitrogens with zero attached hydrogens (tertiary/aromatic N) is 1. The van der Waals surface area contributed by atoms with Gasteiger partial charge in [0.15, 0.2) is 0 Å². The van der Waals surface area contributed by atoms with Crippen LogP contribution in [0.5, 0.6) is 0 Å². The minimum Gasteiger partial charge on any atom is -0.258 e. The number of benzene rings is 1. The first-order valence-corrected chi connectivity index (χ1v) is 5.44. The molecule has 0 heterocycles. The van der Waals surface area contributed by atoms with Gasteiger partial charge in [-0.1, -0.05) is 0 Å². The van der Waals surface area contributed by atoms with E-state index in [1.54, 1.807) is 0 Å². The number of thioether (sulfide) groups is 1. The molecule has 0 radical (unpaired) electrons. The normalized spacial score (nSPS) is 12.8. The molecule has 0 saturated heterocycles. The molecule has 0 atom stereocenters. The van der Waals surface area contributed by atoms with Crippen LogP contribution in [0.2, 0.25) is 0 Å². The van der Waals surface area contributed by atoms with Crippen molar-refractivity contribution in [3.8, 4) is 0 Å². The lowest BCUT2D eigenvalue weighted by Crippen LogP contribution is -2.39. The van der Waals surface area contributed by atoms with Gasteiger partial charge in [-0.2, -0.15) is 26.3 Å². The molecular weight excluding hydrogens is 300 g/mol. The molecule has 0 unspecified atom stereocenters. The summed E-state index contributed by atoms with van der Waals surface area (Å²) in [5, 5.41) is 6.72. The van der Waals surface area contributed by atoms with E-state index < -0.39 is 40.0 Å². The molecule has 0 aliphatic heterocycles. The fraction of sp³-hybridized carbons (Fsp3) is 0.333. The molecule has 1 aromatic carbocycles. The molecule has 0 N–H and O–H groups in total. The highest BCUT2D eigenvalue weighted by atomic mass is 32.2. The molecule has 106 valence electrons. The average molecular weight is 305 g/mol. The van der Waals surface area contributed by atoms with E-state index in [2.05, 4.69) is 0 Å². The van der Waals surface area contributed by atoms with E-state index in [-0.39, 0.29) is 4.90 Å². The van der Waals surface area contributed by atoms with Crippen molar-refractivity contribution in [2.75, 3.05) is 0 Å². The molecule has 0 aliphatic carbocycles. The highest BCUT2D eigenvalue weighted by Crippen LogP contribution is 2.44. The number of hydrogen-bond donors (Lipinski definition) is 0. The van der Waals surface area contributed by atoms with Gasteiger partial charge in [-0.3, -0.25) is 10.1 Å². The van der Waals surface area contributed by atoms with E-state index in [1.165, 1.54) is 0 Å². The van der Waals surface area contributed by atoms with Crippen molar-refractivity contribution in [2.45, 2.75) is 22.5 Å². The molecule has 1 aromatic rings. The maximum atomic E-state index is 12.3. The van der Waals surface area contributed by atoms with Gasteiger partial charge in [-0.15, -0.1) is 11.8 Å². The van der Waals surface area contributed by atoms with E-state index in [9.17, 15) is 36.5 Å². The fourth-order valence-corrected chi connectivity index (χ4v) is 1.93. The maximum Gasteiger partial charge on any atom is 0.409 e. The first-order chi connectivity index (χ1) is 8.51. The van der Waals surface area contributed by atoms with Crippen molar-refractivity contribution in [3.63, 3.8) is 0 Å². The van der Waals surface area contributed by atoms with Crippen LogP contribution >= 0.6 is 11.8 Å². The number of nitro groups is 1.